The molecule has 1 N–H and O–H groups in total. The Bertz CT molecular complexity index is 633. The molecule has 0 aliphatic heterocycles. The Labute approximate surface area is 116 Å². The second-order valence-corrected chi connectivity index (χ2v) is 4.31. The van der Waals surface area contributed by atoms with Gasteiger partial charge in [-0.15, -0.1) is 10.2 Å². The first-order valence-electron chi connectivity index (χ1n) is 5.61. The fraction of sp³-hybridized carbons (Fsp3) is 0.364. The Hall–Kier alpha value is -1.80. The number of carbonyl (C=O) groups is 1. The number of hydrogen-bond acceptors (Lipinski definition) is 4. The van der Waals surface area contributed by atoms with Crippen LogP contribution in [0.4, 0.5) is 8.78 Å². The Morgan fingerprint density at radius 2 is 2.25 bits per heavy atom. The number of carboxylic acids is 1. The molecule has 0 spiro atoms. The summed E-state index contributed by atoms with van der Waals surface area (Å²) in [6.45, 7) is -0.627. The summed E-state index contributed by atoms with van der Waals surface area (Å²) in [5.41, 5.74) is 0.289. The first-order chi connectivity index (χ1) is 9.49. The molecule has 9 heteroatoms. The highest BCUT2D eigenvalue weighted by atomic mass is 35.5. The highest BCUT2D eigenvalue weighted by Crippen LogP contribution is 2.18. The Balaban J connectivity index is 2.19. The van der Waals surface area contributed by atoms with E-state index in [-0.39, 0.29) is 23.6 Å². The molecule has 108 valence electrons. The molecular weight excluding hydrogens is 296 g/mol. The van der Waals surface area contributed by atoms with E-state index in [9.17, 15) is 13.6 Å². The minimum Gasteiger partial charge on any atom is -0.478 e. The molecule has 0 amide bonds. The lowest BCUT2D eigenvalue weighted by atomic mass is 10.3. The zero-order valence-corrected chi connectivity index (χ0v) is 10.8. The lowest BCUT2D eigenvalue weighted by molar-refractivity contribution is 0.0182. The zero-order valence-electron chi connectivity index (χ0n) is 10.1. The largest absolute Gasteiger partial charge is 0.478 e. The summed E-state index contributed by atoms with van der Waals surface area (Å²) in [7, 11) is 0. The maximum Gasteiger partial charge on any atom is 0.337 e. The van der Waals surface area contributed by atoms with Crippen LogP contribution < -0.4 is 0 Å². The molecule has 0 radical (unpaired) electrons. The number of ether oxygens (including phenoxy) is 1. The predicted molar refractivity (Wildman–Crippen MR) is 65.5 cm³/mol. The quantitative estimate of drug-likeness (QED) is 0.825. The third kappa shape index (κ3) is 3.20. The lowest BCUT2D eigenvalue weighted by Crippen LogP contribution is -2.09. The molecule has 0 aromatic carbocycles. The zero-order chi connectivity index (χ0) is 14.7. The second-order valence-electron chi connectivity index (χ2n) is 3.91. The summed E-state index contributed by atoms with van der Waals surface area (Å²) in [5.74, 6) is -0.748. The highest BCUT2D eigenvalue weighted by Gasteiger charge is 2.13. The Kier molecular flexibility index (Phi) is 4.46. The number of nitrogens with zero attached hydrogens (tertiary/aromatic N) is 3. The number of hydrogen-bond donors (Lipinski definition) is 1. The van der Waals surface area contributed by atoms with E-state index >= 15 is 0 Å². The number of rotatable bonds is 6. The van der Waals surface area contributed by atoms with Crippen LogP contribution in [0.25, 0.3) is 5.65 Å². The Morgan fingerprint density at radius 1 is 1.50 bits per heavy atom. The van der Waals surface area contributed by atoms with Crippen LogP contribution in [0.2, 0.25) is 5.02 Å². The van der Waals surface area contributed by atoms with E-state index in [1.807, 2.05) is 0 Å². The molecule has 2 aromatic heterocycles. The van der Waals surface area contributed by atoms with Gasteiger partial charge in [-0.3, -0.25) is 4.40 Å². The summed E-state index contributed by atoms with van der Waals surface area (Å²) >= 11 is 5.91. The van der Waals surface area contributed by atoms with E-state index in [2.05, 4.69) is 10.2 Å². The van der Waals surface area contributed by atoms with Gasteiger partial charge in [0.15, 0.2) is 5.65 Å². The van der Waals surface area contributed by atoms with E-state index in [4.69, 9.17) is 21.4 Å². The van der Waals surface area contributed by atoms with Crippen molar-refractivity contribution in [2.75, 3.05) is 13.2 Å². The average Bonchev–Trinajstić information content (AvgIpc) is 2.78. The molecule has 0 bridgehead atoms. The number of aromatic nitrogens is 3. The van der Waals surface area contributed by atoms with Gasteiger partial charge in [-0.25, -0.2) is 13.6 Å². The molecule has 0 aliphatic carbocycles. The van der Waals surface area contributed by atoms with Crippen LogP contribution in [0.3, 0.4) is 0 Å². The van der Waals surface area contributed by atoms with Gasteiger partial charge in [0.1, 0.15) is 12.4 Å². The number of alkyl halides is 2. The maximum absolute atomic E-state index is 11.9. The minimum absolute atomic E-state index is 0.0166. The van der Waals surface area contributed by atoms with Gasteiger partial charge < -0.3 is 9.84 Å². The molecule has 2 rings (SSSR count). The van der Waals surface area contributed by atoms with E-state index in [0.717, 1.165) is 0 Å². The molecule has 0 unspecified atom stereocenters. The molecule has 0 fully saturated rings. The normalized spacial score (nSPS) is 11.4. The van der Waals surface area contributed by atoms with Crippen molar-refractivity contribution in [2.24, 2.45) is 0 Å². The monoisotopic (exact) mass is 305 g/mol. The van der Waals surface area contributed by atoms with E-state index in [1.165, 1.54) is 16.7 Å². The summed E-state index contributed by atoms with van der Waals surface area (Å²) in [4.78, 5) is 10.9. The van der Waals surface area contributed by atoms with Crippen LogP contribution in [0.15, 0.2) is 12.3 Å². The minimum atomic E-state index is -2.53. The standard InChI is InChI=1S/C11H10ClF2N3O3/c12-7-3-6(11(18)19)4-17-9(15-16-10(7)17)1-2-20-5-8(13)14/h3-4,8H,1-2,5H2,(H,18,19). The number of carboxylic acid groups (broad SMARTS) is 1. The van der Waals surface area contributed by atoms with Crippen LogP contribution in [-0.4, -0.2) is 45.3 Å². The van der Waals surface area contributed by atoms with Crippen molar-refractivity contribution in [1.82, 2.24) is 14.6 Å². The van der Waals surface area contributed by atoms with Gasteiger partial charge in [0.25, 0.3) is 6.43 Å². The molecule has 0 aliphatic rings. The highest BCUT2D eigenvalue weighted by molar-refractivity contribution is 6.33. The van der Waals surface area contributed by atoms with Gasteiger partial charge >= 0.3 is 5.97 Å². The molecule has 0 atom stereocenters. The van der Waals surface area contributed by atoms with Crippen LogP contribution >= 0.6 is 11.6 Å². The van der Waals surface area contributed by atoms with Crippen molar-refractivity contribution in [3.05, 3.63) is 28.7 Å². The van der Waals surface area contributed by atoms with Crippen molar-refractivity contribution in [1.29, 1.82) is 0 Å². The van der Waals surface area contributed by atoms with Crippen LogP contribution in [0, 0.1) is 0 Å². The van der Waals surface area contributed by atoms with Gasteiger partial charge in [0.2, 0.25) is 0 Å². The smallest absolute Gasteiger partial charge is 0.337 e. The maximum atomic E-state index is 11.9. The average molecular weight is 306 g/mol. The number of halogens is 3. The SMILES string of the molecule is O=C(O)c1cc(Cl)c2nnc(CCOCC(F)F)n2c1. The summed E-state index contributed by atoms with van der Waals surface area (Å²) in [5, 5.41) is 16.8. The van der Waals surface area contributed by atoms with Crippen molar-refractivity contribution < 1.29 is 23.4 Å². The van der Waals surface area contributed by atoms with Crippen LogP contribution in [-0.2, 0) is 11.2 Å². The molecule has 2 aromatic rings. The van der Waals surface area contributed by atoms with Crippen molar-refractivity contribution in [3.63, 3.8) is 0 Å². The van der Waals surface area contributed by atoms with Crippen molar-refractivity contribution >= 4 is 23.2 Å². The number of fused-ring (bicyclic) bond motifs is 1. The van der Waals surface area contributed by atoms with Crippen molar-refractivity contribution in [3.8, 4) is 0 Å². The first kappa shape index (κ1) is 14.6. The van der Waals surface area contributed by atoms with Crippen LogP contribution in [0.1, 0.15) is 16.2 Å². The second kappa shape index (κ2) is 6.10. The summed E-state index contributed by atoms with van der Waals surface area (Å²) in [6.07, 6.45) is -0.988. The summed E-state index contributed by atoms with van der Waals surface area (Å²) in [6, 6.07) is 1.27. The van der Waals surface area contributed by atoms with E-state index < -0.39 is 19.0 Å². The van der Waals surface area contributed by atoms with Crippen LogP contribution in [0.5, 0.6) is 0 Å². The fourth-order valence-corrected chi connectivity index (χ4v) is 1.87. The third-order valence-corrected chi connectivity index (χ3v) is 2.77. The molecule has 6 nitrogen and oxygen atoms in total. The lowest BCUT2D eigenvalue weighted by Gasteiger charge is -2.04. The fourth-order valence-electron chi connectivity index (χ4n) is 1.62. The first-order valence-corrected chi connectivity index (χ1v) is 5.99. The van der Waals surface area contributed by atoms with Gasteiger partial charge in [0, 0.05) is 12.6 Å². The topological polar surface area (TPSA) is 76.7 Å². The van der Waals surface area contributed by atoms with Gasteiger partial charge in [0.05, 0.1) is 17.2 Å². The molecule has 0 saturated carbocycles. The molecule has 20 heavy (non-hydrogen) atoms. The predicted octanol–water partition coefficient (Wildman–Crippen LogP) is 1.91. The Morgan fingerprint density at radius 3 is 2.90 bits per heavy atom. The molecular formula is C11H10ClF2N3O3. The number of aromatic carboxylic acids is 1. The van der Waals surface area contributed by atoms with Gasteiger partial charge in [-0.2, -0.15) is 0 Å². The molecule has 0 saturated heterocycles. The van der Waals surface area contributed by atoms with E-state index in [1.54, 1.807) is 0 Å². The van der Waals surface area contributed by atoms with Crippen molar-refractivity contribution in [2.45, 2.75) is 12.8 Å². The van der Waals surface area contributed by atoms with E-state index in [0.29, 0.717) is 11.5 Å². The third-order valence-electron chi connectivity index (χ3n) is 2.49. The summed E-state index contributed by atoms with van der Waals surface area (Å²) < 4.78 is 30.0. The molecule has 2 heterocycles. The van der Waals surface area contributed by atoms with Gasteiger partial charge in [-0.1, -0.05) is 11.6 Å². The number of pyridine rings is 1. The van der Waals surface area contributed by atoms with Gasteiger partial charge in [-0.05, 0) is 6.07 Å².